The molecule has 3 aromatic rings. The first-order valence-corrected chi connectivity index (χ1v) is 11.3. The van der Waals surface area contributed by atoms with Gasteiger partial charge in [-0.05, 0) is 36.0 Å². The Bertz CT molecular complexity index is 808. The molecule has 0 spiro atoms. The Morgan fingerprint density at radius 2 is 1.25 bits per heavy atom. The maximum atomic E-state index is 10.7. The fraction of sp³-hybridized carbons (Fsp3) is 0.269. The maximum absolute atomic E-state index is 10.7. The topological polar surface area (TPSA) is 72.4 Å². The summed E-state index contributed by atoms with van der Waals surface area (Å²) < 4.78 is 4.73. The highest BCUT2D eigenvalue weighted by molar-refractivity contribution is 6.28. The minimum absolute atomic E-state index is 0.0162. The van der Waals surface area contributed by atoms with Gasteiger partial charge in [-0.25, -0.2) is 0 Å². The predicted molar refractivity (Wildman–Crippen MR) is 123 cm³/mol. The van der Waals surface area contributed by atoms with Crippen molar-refractivity contribution in [3.8, 4) is 0 Å². The first kappa shape index (κ1) is 25.8. The fourth-order valence-electron chi connectivity index (χ4n) is 3.83. The minimum Gasteiger partial charge on any atom is -0.871 e. The van der Waals surface area contributed by atoms with Crippen LogP contribution in [0.1, 0.15) is 49.3 Å². The van der Waals surface area contributed by atoms with E-state index >= 15 is 0 Å². The summed E-state index contributed by atoms with van der Waals surface area (Å²) in [6.07, 6.45) is 2.85. The Balaban J connectivity index is 0.000000534. The highest BCUT2D eigenvalue weighted by Gasteiger charge is 2.35. The first-order valence-electron chi connectivity index (χ1n) is 10.8. The molecule has 3 rings (SSSR count). The summed E-state index contributed by atoms with van der Waals surface area (Å²) in [4.78, 5) is 9.91. The number of hydrogen-bond acceptors (Lipinski definition) is 4. The third-order valence-corrected chi connectivity index (χ3v) is 5.44. The lowest BCUT2D eigenvalue weighted by atomic mass is 9.67. The van der Waals surface area contributed by atoms with Crippen LogP contribution in [0.15, 0.2) is 91.0 Å². The number of carbonyl (C=O) groups is 1. The van der Waals surface area contributed by atoms with E-state index in [4.69, 9.17) is 4.65 Å². The highest BCUT2D eigenvalue weighted by atomic mass is 35.5. The van der Waals surface area contributed by atoms with Crippen LogP contribution in [0.4, 0.5) is 0 Å². The molecule has 0 saturated heterocycles. The minimum atomic E-state index is -2.23. The van der Waals surface area contributed by atoms with Crippen molar-refractivity contribution in [1.29, 1.82) is 0 Å². The quantitative estimate of drug-likeness (QED) is 0.205. The van der Waals surface area contributed by atoms with Crippen LogP contribution in [-0.4, -0.2) is 19.2 Å². The molecular formula is C26H30BClO4. The summed E-state index contributed by atoms with van der Waals surface area (Å²) >= 11 is 3.54. The van der Waals surface area contributed by atoms with Crippen molar-refractivity contribution in [2.24, 2.45) is 0 Å². The van der Waals surface area contributed by atoms with Gasteiger partial charge in [0.1, 0.15) is 6.42 Å². The molecule has 0 unspecified atom stereocenters. The highest BCUT2D eigenvalue weighted by Crippen LogP contribution is 2.42. The molecule has 0 saturated carbocycles. The number of hydrogen-bond donors (Lipinski definition) is 0. The van der Waals surface area contributed by atoms with E-state index in [1.807, 2.05) is 61.5 Å². The third-order valence-electron chi connectivity index (χ3n) is 5.21. The standard InChI is InChI=1S/C22H21BO3.C4H9ClO/c24-23(25)26-18-10-17-22(19-11-4-1-5-12-19,20-13-6-2-7-14-20)21-15-8-3-9-16-21;1-2-3-4(5)6/h1-9,11-16H,10,17-18H2;2-3,5H2,1H3/q-2;+2. The zero-order chi connectivity index (χ0) is 23.2. The second kappa shape index (κ2) is 13.9. The van der Waals surface area contributed by atoms with Crippen LogP contribution >= 0.6 is 0 Å². The molecule has 0 heterocycles. The van der Waals surface area contributed by atoms with Crippen LogP contribution < -0.4 is 10.0 Å². The van der Waals surface area contributed by atoms with Gasteiger partial charge in [-0.3, -0.25) is 0 Å². The average molecular weight is 453 g/mol. The Morgan fingerprint density at radius 3 is 1.53 bits per heavy atom. The van der Waals surface area contributed by atoms with Gasteiger partial charge in [0.15, 0.2) is 0 Å². The molecule has 6 heteroatoms. The number of rotatable bonds is 10. The molecule has 0 radical (unpaired) electrons. The molecule has 4 nitrogen and oxygen atoms in total. The molecule has 0 fully saturated rings. The summed E-state index contributed by atoms with van der Waals surface area (Å²) in [5.41, 5.74) is 3.17. The van der Waals surface area contributed by atoms with Crippen molar-refractivity contribution in [2.75, 3.05) is 6.61 Å². The van der Waals surface area contributed by atoms with E-state index in [2.05, 4.69) is 48.0 Å². The zero-order valence-corrected chi connectivity index (χ0v) is 19.2. The molecule has 168 valence electrons. The van der Waals surface area contributed by atoms with Crippen molar-refractivity contribution in [1.82, 2.24) is 0 Å². The van der Waals surface area contributed by atoms with E-state index in [1.165, 1.54) is 16.7 Å². The van der Waals surface area contributed by atoms with E-state index in [9.17, 15) is 14.8 Å². The molecular weight excluding hydrogens is 423 g/mol. The molecule has 0 amide bonds. The number of halogens is 1. The largest absolute Gasteiger partial charge is 0.871 e. The monoisotopic (exact) mass is 452 g/mol. The Labute approximate surface area is 196 Å². The van der Waals surface area contributed by atoms with E-state index < -0.39 is 7.32 Å². The van der Waals surface area contributed by atoms with Gasteiger partial charge in [0.05, 0.1) is 7.32 Å². The normalized spacial score (nSPS) is 10.8. The van der Waals surface area contributed by atoms with Crippen molar-refractivity contribution < 1.29 is 31.1 Å². The summed E-state index contributed by atoms with van der Waals surface area (Å²) in [5.74, 6) is 0. The summed E-state index contributed by atoms with van der Waals surface area (Å²) in [6.45, 7) is 2.11. The van der Waals surface area contributed by atoms with E-state index in [-0.39, 0.29) is 17.3 Å². The van der Waals surface area contributed by atoms with E-state index in [0.717, 1.165) is 12.8 Å². The van der Waals surface area contributed by atoms with Crippen molar-refractivity contribution in [3.63, 3.8) is 0 Å². The lowest BCUT2D eigenvalue weighted by Gasteiger charge is -2.37. The van der Waals surface area contributed by atoms with Gasteiger partial charge in [-0.15, -0.1) is 0 Å². The van der Waals surface area contributed by atoms with Gasteiger partial charge in [0.2, 0.25) is 0 Å². The predicted octanol–water partition coefficient (Wildman–Crippen LogP) is 2.85. The summed E-state index contributed by atoms with van der Waals surface area (Å²) in [7, 11) is -2.23. The molecule has 0 aliphatic carbocycles. The van der Waals surface area contributed by atoms with Crippen molar-refractivity contribution >= 4 is 12.6 Å². The second-order valence-electron chi connectivity index (χ2n) is 7.41. The van der Waals surface area contributed by atoms with Gasteiger partial charge >= 0.3 is 5.24 Å². The molecule has 0 N–H and O–H groups in total. The molecule has 0 bridgehead atoms. The lowest BCUT2D eigenvalue weighted by Crippen LogP contribution is -2.48. The third kappa shape index (κ3) is 7.61. The maximum Gasteiger partial charge on any atom is 0.504 e. The SMILES string of the molecule is CCCC(=O)[ClH2+2].[O-]B([O-])OCCCC(c1ccccc1)(c1ccccc1)c1ccccc1. The van der Waals surface area contributed by atoms with Crippen LogP contribution in [0.3, 0.4) is 0 Å². The fourth-order valence-corrected chi connectivity index (χ4v) is 4.06. The van der Waals surface area contributed by atoms with Crippen molar-refractivity contribution in [3.05, 3.63) is 108 Å². The van der Waals surface area contributed by atoms with Crippen molar-refractivity contribution in [2.45, 2.75) is 38.0 Å². The van der Waals surface area contributed by atoms with Gasteiger partial charge in [-0.1, -0.05) is 97.9 Å². The van der Waals surface area contributed by atoms with Gasteiger partial charge in [0, 0.05) is 23.6 Å². The Morgan fingerprint density at radius 1 is 0.844 bits per heavy atom. The lowest BCUT2D eigenvalue weighted by molar-refractivity contribution is -0.381. The average Bonchev–Trinajstić information content (AvgIpc) is 2.81. The van der Waals surface area contributed by atoms with Crippen LogP contribution in [0, 0.1) is 11.6 Å². The molecule has 0 atom stereocenters. The van der Waals surface area contributed by atoms with Crippen LogP contribution in [-0.2, 0) is 14.9 Å². The van der Waals surface area contributed by atoms with Crippen LogP contribution in [0.25, 0.3) is 0 Å². The first-order chi connectivity index (χ1) is 15.5. The van der Waals surface area contributed by atoms with E-state index in [1.54, 1.807) is 0 Å². The summed E-state index contributed by atoms with van der Waals surface area (Å²) in [5, 5.41) is 21.4. The van der Waals surface area contributed by atoms with Gasteiger partial charge in [-0.2, -0.15) is 4.79 Å². The zero-order valence-electron chi connectivity index (χ0n) is 18.4. The molecule has 3 aromatic carbocycles. The second-order valence-corrected chi connectivity index (χ2v) is 7.91. The van der Waals surface area contributed by atoms with Gasteiger partial charge < -0.3 is 14.7 Å². The molecule has 0 aromatic heterocycles. The summed E-state index contributed by atoms with van der Waals surface area (Å²) in [6, 6.07) is 31.0. The van der Waals surface area contributed by atoms with E-state index in [0.29, 0.717) is 12.8 Å². The Kier molecular flexibility index (Phi) is 11.2. The molecule has 32 heavy (non-hydrogen) atoms. The smallest absolute Gasteiger partial charge is 0.504 e. The Hall–Kier alpha value is -2.44. The number of benzene rings is 3. The molecule has 0 aliphatic heterocycles. The van der Waals surface area contributed by atoms with Gasteiger partial charge in [0.25, 0.3) is 0 Å². The van der Waals surface area contributed by atoms with Crippen LogP contribution in [0.5, 0.6) is 0 Å². The van der Waals surface area contributed by atoms with Crippen LogP contribution in [0.2, 0.25) is 0 Å². The molecule has 0 aliphatic rings. The number of carbonyl (C=O) groups excluding carboxylic acids is 1.